The predicted octanol–water partition coefficient (Wildman–Crippen LogP) is 3.35. The zero-order valence-corrected chi connectivity index (χ0v) is 11.3. The van der Waals surface area contributed by atoms with E-state index in [1.165, 1.54) is 4.88 Å². The standard InChI is InChI=1S/C11H12ClN3OS/c1-6(2)16-11-14-9(13-10(12)15-11)8-4-7(3)17-5-8/h4-6H,1-3H3. The molecule has 0 unspecified atom stereocenters. The molecular formula is C11H12ClN3OS. The van der Waals surface area contributed by atoms with E-state index < -0.39 is 0 Å². The van der Waals surface area contributed by atoms with Crippen LogP contribution in [-0.4, -0.2) is 21.1 Å². The minimum atomic E-state index is 0.00512. The van der Waals surface area contributed by atoms with Gasteiger partial charge in [-0.05, 0) is 38.4 Å². The van der Waals surface area contributed by atoms with Crippen molar-refractivity contribution < 1.29 is 4.74 Å². The molecule has 0 fully saturated rings. The molecule has 17 heavy (non-hydrogen) atoms. The lowest BCUT2D eigenvalue weighted by Gasteiger charge is -2.08. The molecular weight excluding hydrogens is 258 g/mol. The van der Waals surface area contributed by atoms with E-state index in [-0.39, 0.29) is 17.4 Å². The third-order valence-corrected chi connectivity index (χ3v) is 2.95. The fourth-order valence-corrected chi connectivity index (χ4v) is 2.12. The lowest BCUT2D eigenvalue weighted by Crippen LogP contribution is -2.09. The molecule has 0 atom stereocenters. The summed E-state index contributed by atoms with van der Waals surface area (Å²) in [6, 6.07) is 2.27. The molecule has 4 nitrogen and oxygen atoms in total. The number of halogens is 1. The lowest BCUT2D eigenvalue weighted by atomic mass is 10.3. The van der Waals surface area contributed by atoms with Crippen molar-refractivity contribution in [2.24, 2.45) is 0 Å². The van der Waals surface area contributed by atoms with E-state index in [0.717, 1.165) is 5.56 Å². The largest absolute Gasteiger partial charge is 0.461 e. The van der Waals surface area contributed by atoms with Crippen LogP contribution < -0.4 is 4.74 Å². The van der Waals surface area contributed by atoms with Crippen molar-refractivity contribution >= 4 is 22.9 Å². The van der Waals surface area contributed by atoms with Crippen LogP contribution in [0.2, 0.25) is 5.28 Å². The second kappa shape index (κ2) is 4.98. The van der Waals surface area contributed by atoms with Crippen molar-refractivity contribution in [3.63, 3.8) is 0 Å². The van der Waals surface area contributed by atoms with Gasteiger partial charge in [-0.15, -0.1) is 11.3 Å². The van der Waals surface area contributed by atoms with Gasteiger partial charge in [-0.2, -0.15) is 15.0 Å². The van der Waals surface area contributed by atoms with Gasteiger partial charge in [0.05, 0.1) is 6.10 Å². The summed E-state index contributed by atoms with van der Waals surface area (Å²) in [5.41, 5.74) is 0.936. The van der Waals surface area contributed by atoms with Crippen molar-refractivity contribution in [3.8, 4) is 17.4 Å². The highest BCUT2D eigenvalue weighted by molar-refractivity contribution is 7.10. The summed E-state index contributed by atoms with van der Waals surface area (Å²) in [5, 5.41) is 2.13. The van der Waals surface area contributed by atoms with E-state index in [1.54, 1.807) is 11.3 Å². The summed E-state index contributed by atoms with van der Waals surface area (Å²) in [5.74, 6) is 0.546. The van der Waals surface area contributed by atoms with Gasteiger partial charge < -0.3 is 4.74 Å². The first-order valence-electron chi connectivity index (χ1n) is 5.18. The Morgan fingerprint density at radius 3 is 2.65 bits per heavy atom. The van der Waals surface area contributed by atoms with E-state index in [4.69, 9.17) is 16.3 Å². The van der Waals surface area contributed by atoms with E-state index >= 15 is 0 Å². The molecule has 0 radical (unpaired) electrons. The average molecular weight is 270 g/mol. The van der Waals surface area contributed by atoms with Crippen LogP contribution in [0.25, 0.3) is 11.4 Å². The second-order valence-corrected chi connectivity index (χ2v) is 5.28. The molecule has 2 heterocycles. The molecule has 0 saturated heterocycles. The summed E-state index contributed by atoms with van der Waals surface area (Å²) < 4.78 is 5.42. The number of aromatic nitrogens is 3. The van der Waals surface area contributed by atoms with E-state index in [0.29, 0.717) is 5.82 Å². The number of hydrogen-bond donors (Lipinski definition) is 0. The highest BCUT2D eigenvalue weighted by Crippen LogP contribution is 2.24. The normalized spacial score (nSPS) is 10.9. The first-order valence-corrected chi connectivity index (χ1v) is 6.44. The van der Waals surface area contributed by atoms with Crippen molar-refractivity contribution in [1.29, 1.82) is 0 Å². The fourth-order valence-electron chi connectivity index (χ4n) is 1.29. The number of thiophene rings is 1. The maximum Gasteiger partial charge on any atom is 0.321 e. The summed E-state index contributed by atoms with van der Waals surface area (Å²) >= 11 is 7.49. The molecule has 0 aliphatic carbocycles. The van der Waals surface area contributed by atoms with E-state index in [9.17, 15) is 0 Å². The Balaban J connectivity index is 2.37. The van der Waals surface area contributed by atoms with Gasteiger partial charge in [0.2, 0.25) is 5.28 Å². The van der Waals surface area contributed by atoms with Crippen molar-refractivity contribution in [2.75, 3.05) is 0 Å². The molecule has 2 rings (SSSR count). The van der Waals surface area contributed by atoms with Gasteiger partial charge in [-0.1, -0.05) is 0 Å². The molecule has 0 spiro atoms. The monoisotopic (exact) mass is 269 g/mol. The van der Waals surface area contributed by atoms with Crippen molar-refractivity contribution in [3.05, 3.63) is 21.6 Å². The van der Waals surface area contributed by atoms with Gasteiger partial charge in [0, 0.05) is 15.8 Å². The number of nitrogens with zero attached hydrogens (tertiary/aromatic N) is 3. The van der Waals surface area contributed by atoms with Crippen LogP contribution in [0.3, 0.4) is 0 Å². The quantitative estimate of drug-likeness (QED) is 0.857. The number of ether oxygens (including phenoxy) is 1. The minimum Gasteiger partial charge on any atom is -0.461 e. The molecule has 2 aromatic rings. The molecule has 6 heteroatoms. The van der Waals surface area contributed by atoms with Crippen LogP contribution in [0.15, 0.2) is 11.4 Å². The number of hydrogen-bond acceptors (Lipinski definition) is 5. The van der Waals surface area contributed by atoms with E-state index in [2.05, 4.69) is 15.0 Å². The van der Waals surface area contributed by atoms with Crippen LogP contribution in [-0.2, 0) is 0 Å². The van der Waals surface area contributed by atoms with Crippen LogP contribution in [0.5, 0.6) is 6.01 Å². The Hall–Kier alpha value is -1.20. The predicted molar refractivity (Wildman–Crippen MR) is 68.7 cm³/mol. The third-order valence-electron chi connectivity index (χ3n) is 1.92. The van der Waals surface area contributed by atoms with Gasteiger partial charge in [0.25, 0.3) is 0 Å². The van der Waals surface area contributed by atoms with Crippen LogP contribution in [0, 0.1) is 6.92 Å². The van der Waals surface area contributed by atoms with Crippen LogP contribution in [0.1, 0.15) is 18.7 Å². The topological polar surface area (TPSA) is 47.9 Å². The second-order valence-electron chi connectivity index (χ2n) is 3.82. The molecule has 0 N–H and O–H groups in total. The summed E-state index contributed by atoms with van der Waals surface area (Å²) in [4.78, 5) is 13.5. The molecule has 0 bridgehead atoms. The number of rotatable bonds is 3. The highest BCUT2D eigenvalue weighted by atomic mass is 35.5. The Bertz CT molecular complexity index is 527. The Morgan fingerprint density at radius 2 is 2.06 bits per heavy atom. The van der Waals surface area contributed by atoms with Crippen molar-refractivity contribution in [2.45, 2.75) is 26.9 Å². The summed E-state index contributed by atoms with van der Waals surface area (Å²) in [7, 11) is 0. The summed E-state index contributed by atoms with van der Waals surface area (Å²) in [6.45, 7) is 5.85. The SMILES string of the molecule is Cc1cc(-c2nc(Cl)nc(OC(C)C)n2)cs1. The number of aryl methyl sites for hydroxylation is 1. The van der Waals surface area contributed by atoms with Crippen LogP contribution in [0.4, 0.5) is 0 Å². The first kappa shape index (κ1) is 12.3. The zero-order valence-electron chi connectivity index (χ0n) is 9.77. The molecule has 0 saturated carbocycles. The molecule has 0 aliphatic rings. The minimum absolute atomic E-state index is 0.00512. The van der Waals surface area contributed by atoms with Gasteiger partial charge >= 0.3 is 6.01 Å². The summed E-state index contributed by atoms with van der Waals surface area (Å²) in [6.07, 6.45) is 0.00512. The van der Waals surface area contributed by atoms with Gasteiger partial charge in [-0.3, -0.25) is 0 Å². The Morgan fingerprint density at radius 1 is 1.29 bits per heavy atom. The highest BCUT2D eigenvalue weighted by Gasteiger charge is 2.10. The fraction of sp³-hybridized carbons (Fsp3) is 0.364. The van der Waals surface area contributed by atoms with Crippen LogP contribution >= 0.6 is 22.9 Å². The Labute approximate surface area is 109 Å². The lowest BCUT2D eigenvalue weighted by molar-refractivity contribution is 0.222. The maximum atomic E-state index is 5.85. The van der Waals surface area contributed by atoms with E-state index in [1.807, 2.05) is 32.2 Å². The van der Waals surface area contributed by atoms with Gasteiger partial charge in [-0.25, -0.2) is 0 Å². The van der Waals surface area contributed by atoms with Gasteiger partial charge in [0.1, 0.15) is 0 Å². The van der Waals surface area contributed by atoms with Gasteiger partial charge in [0.15, 0.2) is 5.82 Å². The molecule has 0 aromatic carbocycles. The smallest absolute Gasteiger partial charge is 0.321 e. The maximum absolute atomic E-state index is 5.85. The first-order chi connectivity index (χ1) is 8.04. The Kier molecular flexibility index (Phi) is 3.59. The molecule has 2 aromatic heterocycles. The zero-order chi connectivity index (χ0) is 12.4. The molecule has 0 aliphatic heterocycles. The average Bonchev–Trinajstić information content (AvgIpc) is 2.62. The third kappa shape index (κ3) is 3.14. The molecule has 90 valence electrons. The molecule has 0 amide bonds. The van der Waals surface area contributed by atoms with Crippen molar-refractivity contribution in [1.82, 2.24) is 15.0 Å².